The highest BCUT2D eigenvalue weighted by Crippen LogP contribution is 2.41. The van der Waals surface area contributed by atoms with Gasteiger partial charge in [0, 0.05) is 0 Å². The smallest absolute Gasteiger partial charge is 0.301 e. The second-order valence-electron chi connectivity index (χ2n) is 1.73. The molecule has 0 amide bonds. The van der Waals surface area contributed by atoms with E-state index in [2.05, 4.69) is 15.0 Å². The summed E-state index contributed by atoms with van der Waals surface area (Å²) < 4.78 is 18.4. The first-order valence-corrected chi connectivity index (χ1v) is 3.87. The van der Waals surface area contributed by atoms with Crippen molar-refractivity contribution >= 4 is 7.82 Å². The molecule has 0 saturated carbocycles. The van der Waals surface area contributed by atoms with Crippen molar-refractivity contribution in [3.8, 4) is 0 Å². The summed E-state index contributed by atoms with van der Waals surface area (Å²) in [6.45, 7) is 3.20. The molecule has 0 aromatic carbocycles. The van der Waals surface area contributed by atoms with Gasteiger partial charge in [0.25, 0.3) is 0 Å². The van der Waals surface area contributed by atoms with Gasteiger partial charge in [-0.05, 0) is 13.8 Å². The Kier molecular flexibility index (Phi) is 3.32. The molecule has 0 rings (SSSR count). The Hall–Kier alpha value is 0.0700. The van der Waals surface area contributed by atoms with Gasteiger partial charge in [-0.25, -0.2) is 15.1 Å². The molecule has 0 aliphatic rings. The highest BCUT2D eigenvalue weighted by molar-refractivity contribution is 7.47. The minimum atomic E-state index is -3.95. The van der Waals surface area contributed by atoms with Gasteiger partial charge < -0.3 is 4.89 Å². The lowest BCUT2D eigenvalue weighted by atomic mass is 10.5. The van der Waals surface area contributed by atoms with Crippen molar-refractivity contribution in [2.45, 2.75) is 20.0 Å². The third-order valence-electron chi connectivity index (χ3n) is 0.477. The molecule has 0 radical (unpaired) electrons. The van der Waals surface area contributed by atoms with Crippen molar-refractivity contribution in [3.05, 3.63) is 0 Å². The lowest BCUT2D eigenvalue weighted by Crippen LogP contribution is -2.05. The fraction of sp³-hybridized carbons (Fsp3) is 1.00. The maximum Gasteiger partial charge on any atom is 0.488 e. The molecule has 0 aromatic rings. The maximum atomic E-state index is 10.4. The fourth-order valence-corrected chi connectivity index (χ4v) is 0.874. The molecule has 56 valence electrons. The van der Waals surface area contributed by atoms with Crippen LogP contribution in [0, 0.1) is 0 Å². The Morgan fingerprint density at radius 2 is 2.11 bits per heavy atom. The molecular formula is C3H10NO4P. The molecule has 6 heteroatoms. The van der Waals surface area contributed by atoms with E-state index in [0.717, 1.165) is 0 Å². The number of phosphoric acid groups is 1. The molecule has 0 bridgehead atoms. The monoisotopic (exact) mass is 155 g/mol. The lowest BCUT2D eigenvalue weighted by Gasteiger charge is -2.09. The summed E-state index contributed by atoms with van der Waals surface area (Å²) in [5.41, 5.74) is 0. The average molecular weight is 155 g/mol. The van der Waals surface area contributed by atoms with Crippen molar-refractivity contribution in [1.82, 2.24) is 0 Å². The molecular weight excluding hydrogens is 145 g/mol. The van der Waals surface area contributed by atoms with Crippen molar-refractivity contribution < 1.29 is 18.6 Å². The zero-order chi connectivity index (χ0) is 7.49. The molecule has 0 spiro atoms. The normalized spacial score (nSPS) is 17.9. The third-order valence-corrected chi connectivity index (χ3v) is 1.43. The van der Waals surface area contributed by atoms with Crippen LogP contribution in [-0.4, -0.2) is 11.0 Å². The summed E-state index contributed by atoms with van der Waals surface area (Å²) in [6.07, 6.45) is -0.371. The summed E-state index contributed by atoms with van der Waals surface area (Å²) in [7, 11) is -3.95. The Bertz CT molecular complexity index is 125. The number of rotatable bonds is 3. The van der Waals surface area contributed by atoms with Crippen LogP contribution in [0.25, 0.3) is 0 Å². The van der Waals surface area contributed by atoms with Gasteiger partial charge in [0.15, 0.2) is 0 Å². The SMILES string of the molecule is CC(C)OP(=O)(O)ON. The van der Waals surface area contributed by atoms with Gasteiger partial charge in [-0.3, -0.25) is 4.52 Å². The van der Waals surface area contributed by atoms with Gasteiger partial charge >= 0.3 is 7.82 Å². The van der Waals surface area contributed by atoms with Crippen LogP contribution < -0.4 is 5.90 Å². The van der Waals surface area contributed by atoms with E-state index in [4.69, 9.17) is 4.89 Å². The first-order valence-electron chi connectivity index (χ1n) is 2.37. The Morgan fingerprint density at radius 3 is 2.22 bits per heavy atom. The second-order valence-corrected chi connectivity index (χ2v) is 3.09. The van der Waals surface area contributed by atoms with E-state index in [0.29, 0.717) is 0 Å². The summed E-state index contributed by atoms with van der Waals surface area (Å²) in [4.78, 5) is 8.48. The fourth-order valence-electron chi connectivity index (χ4n) is 0.291. The van der Waals surface area contributed by atoms with Crippen LogP contribution in [0.5, 0.6) is 0 Å². The summed E-state index contributed by atoms with van der Waals surface area (Å²) in [6, 6.07) is 0. The summed E-state index contributed by atoms with van der Waals surface area (Å²) in [5.74, 6) is 4.42. The van der Waals surface area contributed by atoms with E-state index in [1.807, 2.05) is 0 Å². The van der Waals surface area contributed by atoms with Crippen LogP contribution in [0.4, 0.5) is 0 Å². The summed E-state index contributed by atoms with van der Waals surface area (Å²) >= 11 is 0. The quantitative estimate of drug-likeness (QED) is 0.455. The van der Waals surface area contributed by atoms with Crippen molar-refractivity contribution in [1.29, 1.82) is 0 Å². The molecule has 0 aliphatic carbocycles. The van der Waals surface area contributed by atoms with Gasteiger partial charge in [-0.1, -0.05) is 0 Å². The van der Waals surface area contributed by atoms with E-state index in [1.54, 1.807) is 13.8 Å². The van der Waals surface area contributed by atoms with Crippen LogP contribution in [0.2, 0.25) is 0 Å². The molecule has 0 saturated heterocycles. The van der Waals surface area contributed by atoms with Crippen LogP contribution in [0.1, 0.15) is 13.8 Å². The van der Waals surface area contributed by atoms with Gasteiger partial charge in [0.2, 0.25) is 0 Å². The van der Waals surface area contributed by atoms with E-state index in [1.165, 1.54) is 0 Å². The van der Waals surface area contributed by atoms with Crippen LogP contribution >= 0.6 is 7.82 Å². The topological polar surface area (TPSA) is 81.8 Å². The predicted octanol–water partition coefficient (Wildman–Crippen LogP) is 0.402. The minimum absolute atomic E-state index is 0.371. The van der Waals surface area contributed by atoms with Gasteiger partial charge in [-0.2, -0.15) is 0 Å². The predicted molar refractivity (Wildman–Crippen MR) is 31.3 cm³/mol. The molecule has 5 nitrogen and oxygen atoms in total. The van der Waals surface area contributed by atoms with E-state index in [-0.39, 0.29) is 6.10 Å². The first kappa shape index (κ1) is 9.07. The van der Waals surface area contributed by atoms with E-state index in [9.17, 15) is 4.57 Å². The molecule has 3 N–H and O–H groups in total. The highest BCUT2D eigenvalue weighted by atomic mass is 31.2. The molecule has 1 unspecified atom stereocenters. The molecule has 0 fully saturated rings. The Labute approximate surface area is 53.3 Å². The zero-order valence-corrected chi connectivity index (χ0v) is 6.17. The van der Waals surface area contributed by atoms with Crippen molar-refractivity contribution in [2.24, 2.45) is 5.90 Å². The van der Waals surface area contributed by atoms with Gasteiger partial charge in [-0.15, -0.1) is 0 Å². The number of hydrogen-bond donors (Lipinski definition) is 2. The molecule has 0 aliphatic heterocycles. The lowest BCUT2D eigenvalue weighted by molar-refractivity contribution is 0.122. The Morgan fingerprint density at radius 1 is 1.67 bits per heavy atom. The first-order chi connectivity index (χ1) is 3.98. The highest BCUT2D eigenvalue weighted by Gasteiger charge is 2.20. The molecule has 1 atom stereocenters. The van der Waals surface area contributed by atoms with Crippen molar-refractivity contribution in [2.75, 3.05) is 0 Å². The standard InChI is InChI=1S/C3H10NO4P/c1-3(2)7-9(5,6)8-4/h3H,4H2,1-2H3,(H,5,6). The van der Waals surface area contributed by atoms with E-state index < -0.39 is 7.82 Å². The van der Waals surface area contributed by atoms with Crippen LogP contribution in [0.3, 0.4) is 0 Å². The number of phosphoric ester groups is 1. The molecule has 0 heterocycles. The Balaban J connectivity index is 3.73. The maximum absolute atomic E-state index is 10.4. The van der Waals surface area contributed by atoms with Crippen LogP contribution in [-0.2, 0) is 13.7 Å². The number of nitrogens with two attached hydrogens (primary N) is 1. The van der Waals surface area contributed by atoms with Crippen molar-refractivity contribution in [3.63, 3.8) is 0 Å². The summed E-state index contributed by atoms with van der Waals surface area (Å²) in [5, 5.41) is 0. The largest absolute Gasteiger partial charge is 0.488 e. The van der Waals surface area contributed by atoms with Gasteiger partial charge in [0.1, 0.15) is 0 Å². The average Bonchev–Trinajstić information content (AvgIpc) is 1.63. The van der Waals surface area contributed by atoms with Crippen LogP contribution in [0.15, 0.2) is 0 Å². The number of hydrogen-bond acceptors (Lipinski definition) is 4. The molecule has 0 aromatic heterocycles. The second kappa shape index (κ2) is 3.29. The molecule has 9 heavy (non-hydrogen) atoms. The minimum Gasteiger partial charge on any atom is -0.301 e. The van der Waals surface area contributed by atoms with E-state index >= 15 is 0 Å². The van der Waals surface area contributed by atoms with Gasteiger partial charge in [0.05, 0.1) is 6.10 Å². The zero-order valence-electron chi connectivity index (χ0n) is 5.27. The third kappa shape index (κ3) is 4.57.